The SMILES string of the molecule is CC1(Br)C(C)(Br)C(Br)(OC2(Br)C(C)(Br)C(C)(Br)C(Br)(Br)C(Br)(Br)C2(Br)c2ccccc2)C(Br)(c2ccccc2)C(Br)(Br)C1(Br)Br. The highest BCUT2D eigenvalue weighted by Gasteiger charge is 2.89. The molecule has 4 rings (SSSR count). The van der Waals surface area contributed by atoms with E-state index in [9.17, 15) is 0 Å². The minimum atomic E-state index is -1.32. The summed E-state index contributed by atoms with van der Waals surface area (Å²) in [5, 5.41) is 0. The summed E-state index contributed by atoms with van der Waals surface area (Å²) in [5.74, 6) is 0. The molecule has 0 radical (unpaired) electrons. The van der Waals surface area contributed by atoms with Crippen molar-refractivity contribution in [2.75, 3.05) is 0 Å². The third-order valence-corrected chi connectivity index (χ3v) is 43.1. The third kappa shape index (κ3) is 5.28. The summed E-state index contributed by atoms with van der Waals surface area (Å²) in [6, 6.07) is 20.3. The van der Waals surface area contributed by atoms with E-state index in [0.29, 0.717) is 0 Å². The molecule has 8 unspecified atom stereocenters. The Hall–Kier alpha value is 6.08. The first-order chi connectivity index (χ1) is 19.9. The van der Waals surface area contributed by atoms with E-state index in [1.807, 2.05) is 36.4 Å². The normalized spacial score (nSPS) is 46.8. The zero-order valence-corrected chi connectivity index (χ0v) is 48.6. The summed E-state index contributed by atoms with van der Waals surface area (Å²) in [5.41, 5.74) is 1.85. The van der Waals surface area contributed by atoms with Gasteiger partial charge in [0.05, 0.1) is 17.3 Å². The average Bonchev–Trinajstić information content (AvgIpc) is 2.94. The lowest BCUT2D eigenvalue weighted by molar-refractivity contribution is -0.139. The number of benzene rings is 2. The summed E-state index contributed by atoms with van der Waals surface area (Å²) in [7, 11) is 0. The molecule has 45 heavy (non-hydrogen) atoms. The van der Waals surface area contributed by atoms with E-state index in [2.05, 4.69) is 307 Å². The van der Waals surface area contributed by atoms with E-state index in [1.54, 1.807) is 0 Å². The Bertz CT molecular complexity index is 1350. The zero-order chi connectivity index (χ0) is 34.9. The van der Waals surface area contributed by atoms with Crippen LogP contribution in [-0.4, -0.2) is 39.3 Å². The Kier molecular flexibility index (Phi) is 13.0. The molecule has 0 aliphatic heterocycles. The topological polar surface area (TPSA) is 9.23 Å². The molecular formula is C28H22Br16O. The summed E-state index contributed by atoms with van der Waals surface area (Å²) in [4.78, 5) is 0. The van der Waals surface area contributed by atoms with Crippen molar-refractivity contribution < 1.29 is 4.74 Å². The molecule has 17 heteroatoms. The van der Waals surface area contributed by atoms with Crippen LogP contribution in [0, 0.1) is 0 Å². The maximum atomic E-state index is 7.99. The van der Waals surface area contributed by atoms with Gasteiger partial charge in [-0.1, -0.05) is 316 Å². The van der Waals surface area contributed by atoms with E-state index < -0.39 is 47.9 Å². The lowest BCUT2D eigenvalue weighted by Crippen LogP contribution is -2.86. The third-order valence-electron chi connectivity index (χ3n) is 9.31. The first-order valence-electron chi connectivity index (χ1n) is 12.8. The van der Waals surface area contributed by atoms with Gasteiger partial charge in [-0.25, -0.2) is 0 Å². The van der Waals surface area contributed by atoms with E-state index in [4.69, 9.17) is 4.74 Å². The Labute approximate surface area is 399 Å². The number of hydrogen-bond acceptors (Lipinski definition) is 1. The van der Waals surface area contributed by atoms with Crippen molar-refractivity contribution in [3.63, 3.8) is 0 Å². The van der Waals surface area contributed by atoms with E-state index in [1.165, 1.54) is 0 Å². The van der Waals surface area contributed by atoms with Crippen molar-refractivity contribution in [3.8, 4) is 0 Å². The predicted octanol–water partition coefficient (Wildman–Crippen LogP) is 16.4. The van der Waals surface area contributed by atoms with Gasteiger partial charge in [0.15, 0.2) is 9.02 Å². The number of hydrogen-bond donors (Lipinski definition) is 0. The average molecular weight is 1650 g/mol. The van der Waals surface area contributed by atoms with Gasteiger partial charge in [-0.2, -0.15) is 0 Å². The molecule has 0 heterocycles. The van der Waals surface area contributed by atoms with Crippen LogP contribution in [0.3, 0.4) is 0 Å². The van der Waals surface area contributed by atoms with Crippen LogP contribution < -0.4 is 0 Å². The van der Waals surface area contributed by atoms with Gasteiger partial charge in [-0.15, -0.1) is 0 Å². The monoisotopic (exact) mass is 1640 g/mol. The number of halogens is 16. The van der Waals surface area contributed by atoms with Crippen LogP contribution in [0.4, 0.5) is 0 Å². The highest BCUT2D eigenvalue weighted by atomic mass is 79.9. The smallest absolute Gasteiger partial charge is 0.162 e. The molecule has 0 amide bonds. The standard InChI is InChI=1S/C28H22Br16O/c1-17(29)19(3,31)27(43,21(33,15-11-7-5-8-12-15)25(39,40)23(17,35)36)45-28(44)20(4,32)18(2,30)24(37,38)26(41,42)22(28,34)16-13-9-6-10-14-16/h5-14H,1-4H3. The molecule has 252 valence electrons. The first kappa shape index (κ1) is 43.8. The van der Waals surface area contributed by atoms with Gasteiger partial charge in [-0.3, -0.25) is 0 Å². The fourth-order valence-corrected chi connectivity index (χ4v) is 24.7. The van der Waals surface area contributed by atoms with Crippen molar-refractivity contribution >= 4 is 255 Å². The van der Waals surface area contributed by atoms with Crippen molar-refractivity contribution in [2.45, 2.75) is 75.6 Å². The molecule has 2 aromatic carbocycles. The molecule has 2 aliphatic carbocycles. The lowest BCUT2D eigenvalue weighted by Gasteiger charge is -2.74. The minimum absolute atomic E-state index is 0.774. The molecule has 1 nitrogen and oxygen atoms in total. The second-order valence-corrected chi connectivity index (χ2v) is 36.4. The number of ether oxygens (including phenoxy) is 1. The van der Waals surface area contributed by atoms with E-state index >= 15 is 0 Å². The summed E-state index contributed by atoms with van der Waals surface area (Å²) in [6.45, 7) is 8.41. The van der Waals surface area contributed by atoms with Crippen molar-refractivity contribution in [2.24, 2.45) is 0 Å². The van der Waals surface area contributed by atoms with Crippen LogP contribution in [0.1, 0.15) is 38.8 Å². The Morgan fingerprint density at radius 1 is 0.356 bits per heavy atom. The molecule has 2 aliphatic rings. The van der Waals surface area contributed by atoms with Crippen LogP contribution in [0.2, 0.25) is 0 Å². The molecular weight excluding hydrogens is 1630 g/mol. The van der Waals surface area contributed by atoms with Gasteiger partial charge >= 0.3 is 0 Å². The first-order valence-corrected chi connectivity index (χ1v) is 25.4. The van der Waals surface area contributed by atoms with Crippen LogP contribution in [-0.2, 0) is 13.4 Å². The fraction of sp³-hybridized carbons (Fsp3) is 0.571. The molecule has 0 N–H and O–H groups in total. The molecule has 0 bridgehead atoms. The van der Waals surface area contributed by atoms with Crippen molar-refractivity contribution in [1.29, 1.82) is 0 Å². The Morgan fingerprint density at radius 2 is 0.600 bits per heavy atom. The zero-order valence-electron chi connectivity index (χ0n) is 23.2. The molecule has 0 aromatic heterocycles. The number of alkyl halides is 16. The Balaban J connectivity index is 2.24. The molecule has 0 spiro atoms. The second-order valence-electron chi connectivity index (χ2n) is 11.7. The molecule has 2 saturated carbocycles. The van der Waals surface area contributed by atoms with Crippen molar-refractivity contribution in [1.82, 2.24) is 0 Å². The maximum absolute atomic E-state index is 7.99. The largest absolute Gasteiger partial charge is 0.339 e. The fourth-order valence-electron chi connectivity index (χ4n) is 5.86. The number of rotatable bonds is 4. The van der Waals surface area contributed by atoms with Gasteiger partial charge < -0.3 is 4.74 Å². The maximum Gasteiger partial charge on any atom is 0.162 e. The molecule has 0 saturated heterocycles. The van der Waals surface area contributed by atoms with Crippen LogP contribution in [0.15, 0.2) is 60.7 Å². The van der Waals surface area contributed by atoms with Gasteiger partial charge in [-0.05, 0) is 38.8 Å². The predicted molar refractivity (Wildman–Crippen MR) is 250 cm³/mol. The Morgan fingerprint density at radius 3 is 0.844 bits per heavy atom. The van der Waals surface area contributed by atoms with Gasteiger partial charge in [0.2, 0.25) is 0 Å². The quantitative estimate of drug-likeness (QED) is 0.277. The van der Waals surface area contributed by atoms with Gasteiger partial charge in [0.1, 0.15) is 21.6 Å². The highest BCUT2D eigenvalue weighted by molar-refractivity contribution is 9.32. The van der Waals surface area contributed by atoms with Gasteiger partial charge in [0, 0.05) is 0 Å². The summed E-state index contributed by atoms with van der Waals surface area (Å²) in [6.07, 6.45) is 0. The lowest BCUT2D eigenvalue weighted by atomic mass is 9.67. The van der Waals surface area contributed by atoms with Crippen molar-refractivity contribution in [3.05, 3.63) is 71.8 Å². The van der Waals surface area contributed by atoms with E-state index in [-0.39, 0.29) is 0 Å². The molecule has 2 aromatic rings. The molecule has 8 atom stereocenters. The summed E-state index contributed by atoms with van der Waals surface area (Å²) >= 11 is 67.1. The van der Waals surface area contributed by atoms with Crippen LogP contribution in [0.25, 0.3) is 0 Å². The second kappa shape index (κ2) is 13.3. The van der Waals surface area contributed by atoms with E-state index in [0.717, 1.165) is 11.1 Å². The highest BCUT2D eigenvalue weighted by Crippen LogP contribution is 2.85. The van der Waals surface area contributed by atoms with Crippen LogP contribution in [0.5, 0.6) is 0 Å². The summed E-state index contributed by atoms with van der Waals surface area (Å²) < 4.78 is -3.85. The molecule has 2 fully saturated rings. The minimum Gasteiger partial charge on any atom is -0.339 e. The van der Waals surface area contributed by atoms with Crippen LogP contribution >= 0.6 is 255 Å². The van der Waals surface area contributed by atoms with Gasteiger partial charge in [0.25, 0.3) is 0 Å².